The summed E-state index contributed by atoms with van der Waals surface area (Å²) in [5, 5.41) is 10.1. The van der Waals surface area contributed by atoms with Crippen molar-refractivity contribution in [2.75, 3.05) is 6.54 Å². The molecule has 2 unspecified atom stereocenters. The molecule has 0 saturated heterocycles. The summed E-state index contributed by atoms with van der Waals surface area (Å²) < 4.78 is 13.5. The lowest BCUT2D eigenvalue weighted by Crippen LogP contribution is -2.33. The van der Waals surface area contributed by atoms with Gasteiger partial charge in [0.2, 0.25) is 0 Å². The largest absolute Gasteiger partial charge is 0.392 e. The Kier molecular flexibility index (Phi) is 5.56. The van der Waals surface area contributed by atoms with Crippen molar-refractivity contribution in [3.05, 3.63) is 34.1 Å². The zero-order valence-electron chi connectivity index (χ0n) is 10.2. The summed E-state index contributed by atoms with van der Waals surface area (Å²) in [4.78, 5) is 0. The number of aliphatic hydroxyl groups excluding tert-OH is 1. The molecular formula is C13H19BrFNO. The van der Waals surface area contributed by atoms with Gasteiger partial charge in [-0.05, 0) is 58.4 Å². The quantitative estimate of drug-likeness (QED) is 0.878. The van der Waals surface area contributed by atoms with Crippen molar-refractivity contribution in [2.45, 2.75) is 26.4 Å². The van der Waals surface area contributed by atoms with E-state index < -0.39 is 6.10 Å². The molecule has 1 rings (SSSR count). The van der Waals surface area contributed by atoms with E-state index in [1.807, 2.05) is 13.8 Å². The van der Waals surface area contributed by atoms with Crippen molar-refractivity contribution in [2.24, 2.45) is 17.6 Å². The van der Waals surface area contributed by atoms with Crippen LogP contribution in [-0.4, -0.2) is 17.8 Å². The summed E-state index contributed by atoms with van der Waals surface area (Å²) in [6.45, 7) is 4.55. The van der Waals surface area contributed by atoms with Crippen LogP contribution in [0, 0.1) is 17.7 Å². The molecule has 0 aliphatic carbocycles. The summed E-state index contributed by atoms with van der Waals surface area (Å²) in [6, 6.07) is 4.79. The van der Waals surface area contributed by atoms with Crippen LogP contribution in [0.3, 0.4) is 0 Å². The highest BCUT2D eigenvalue weighted by Gasteiger charge is 2.21. The molecule has 0 fully saturated rings. The second kappa shape index (κ2) is 6.47. The number of hydrogen-bond acceptors (Lipinski definition) is 2. The van der Waals surface area contributed by atoms with E-state index in [2.05, 4.69) is 15.9 Å². The van der Waals surface area contributed by atoms with Gasteiger partial charge < -0.3 is 10.8 Å². The molecule has 1 aromatic rings. The summed E-state index contributed by atoms with van der Waals surface area (Å²) in [5.74, 6) is 0.111. The van der Waals surface area contributed by atoms with Crippen LogP contribution in [0.25, 0.3) is 0 Å². The van der Waals surface area contributed by atoms with E-state index >= 15 is 0 Å². The Hall–Kier alpha value is -0.450. The molecule has 0 amide bonds. The summed E-state index contributed by atoms with van der Waals surface area (Å²) in [5.41, 5.74) is 6.56. The van der Waals surface area contributed by atoms with E-state index in [1.165, 1.54) is 6.07 Å². The maximum absolute atomic E-state index is 13.1. The zero-order valence-corrected chi connectivity index (χ0v) is 11.7. The SMILES string of the molecule is CC(C)C(CN)C(O)Cc1ccc(F)c(Br)c1. The molecule has 2 nitrogen and oxygen atoms in total. The molecule has 0 aromatic heterocycles. The normalized spacial score (nSPS) is 15.0. The van der Waals surface area contributed by atoms with Gasteiger partial charge in [-0.15, -0.1) is 0 Å². The summed E-state index contributed by atoms with van der Waals surface area (Å²) in [7, 11) is 0. The van der Waals surface area contributed by atoms with Gasteiger partial charge in [0.25, 0.3) is 0 Å². The maximum Gasteiger partial charge on any atom is 0.137 e. The molecule has 0 aliphatic heterocycles. The molecule has 0 aliphatic rings. The maximum atomic E-state index is 13.1. The lowest BCUT2D eigenvalue weighted by molar-refractivity contribution is 0.0863. The van der Waals surface area contributed by atoms with Gasteiger partial charge >= 0.3 is 0 Å². The average Bonchev–Trinajstić information content (AvgIpc) is 2.24. The van der Waals surface area contributed by atoms with Crippen LogP contribution < -0.4 is 5.73 Å². The van der Waals surface area contributed by atoms with Crippen molar-refractivity contribution >= 4 is 15.9 Å². The van der Waals surface area contributed by atoms with E-state index in [0.717, 1.165) is 5.56 Å². The highest BCUT2D eigenvalue weighted by atomic mass is 79.9. The van der Waals surface area contributed by atoms with Gasteiger partial charge in [-0.25, -0.2) is 4.39 Å². The minimum Gasteiger partial charge on any atom is -0.392 e. The molecule has 0 radical (unpaired) electrons. The highest BCUT2D eigenvalue weighted by Crippen LogP contribution is 2.21. The molecule has 0 bridgehead atoms. The lowest BCUT2D eigenvalue weighted by atomic mass is 9.87. The van der Waals surface area contributed by atoms with E-state index in [4.69, 9.17) is 5.73 Å². The number of rotatable bonds is 5. The predicted octanol–water partition coefficient (Wildman–Crippen LogP) is 2.72. The molecule has 0 spiro atoms. The third kappa shape index (κ3) is 4.05. The zero-order chi connectivity index (χ0) is 13.0. The second-order valence-corrected chi connectivity index (χ2v) is 5.52. The first kappa shape index (κ1) is 14.6. The summed E-state index contributed by atoms with van der Waals surface area (Å²) >= 11 is 3.14. The standard InChI is InChI=1S/C13H19BrFNO/c1-8(2)10(7-16)13(17)6-9-3-4-12(15)11(14)5-9/h3-5,8,10,13,17H,6-7,16H2,1-2H3. The van der Waals surface area contributed by atoms with Crippen molar-refractivity contribution in [1.82, 2.24) is 0 Å². The molecule has 4 heteroatoms. The number of nitrogens with two attached hydrogens (primary N) is 1. The fourth-order valence-corrected chi connectivity index (χ4v) is 2.36. The van der Waals surface area contributed by atoms with Crippen molar-refractivity contribution < 1.29 is 9.50 Å². The first-order chi connectivity index (χ1) is 7.95. The molecular weight excluding hydrogens is 285 g/mol. The van der Waals surface area contributed by atoms with Gasteiger partial charge in [-0.3, -0.25) is 0 Å². The minimum absolute atomic E-state index is 0.0684. The monoisotopic (exact) mass is 303 g/mol. The number of aliphatic hydroxyl groups is 1. The first-order valence-electron chi connectivity index (χ1n) is 5.77. The van der Waals surface area contributed by atoms with Crippen LogP contribution in [0.2, 0.25) is 0 Å². The Morgan fingerprint density at radius 3 is 2.53 bits per heavy atom. The third-order valence-corrected chi connectivity index (χ3v) is 3.66. The van der Waals surface area contributed by atoms with Gasteiger partial charge in [0.05, 0.1) is 10.6 Å². The molecule has 2 atom stereocenters. The van der Waals surface area contributed by atoms with Gasteiger partial charge in [-0.2, -0.15) is 0 Å². The first-order valence-corrected chi connectivity index (χ1v) is 6.57. The van der Waals surface area contributed by atoms with Crippen LogP contribution >= 0.6 is 15.9 Å². The number of benzene rings is 1. The Morgan fingerprint density at radius 2 is 2.06 bits per heavy atom. The highest BCUT2D eigenvalue weighted by molar-refractivity contribution is 9.10. The third-order valence-electron chi connectivity index (χ3n) is 3.05. The second-order valence-electron chi connectivity index (χ2n) is 4.66. The molecule has 1 aromatic carbocycles. The molecule has 0 heterocycles. The topological polar surface area (TPSA) is 46.2 Å². The fourth-order valence-electron chi connectivity index (χ4n) is 1.93. The summed E-state index contributed by atoms with van der Waals surface area (Å²) in [6.07, 6.45) is 0.0104. The number of halogens is 2. The minimum atomic E-state index is -0.489. The predicted molar refractivity (Wildman–Crippen MR) is 71.2 cm³/mol. The van der Waals surface area contributed by atoms with E-state index in [9.17, 15) is 9.50 Å². The van der Waals surface area contributed by atoms with E-state index in [0.29, 0.717) is 23.4 Å². The average molecular weight is 304 g/mol. The smallest absolute Gasteiger partial charge is 0.137 e. The Bertz CT molecular complexity index is 370. The van der Waals surface area contributed by atoms with Crippen LogP contribution in [0.15, 0.2) is 22.7 Å². The van der Waals surface area contributed by atoms with Crippen molar-refractivity contribution in [3.8, 4) is 0 Å². The van der Waals surface area contributed by atoms with Gasteiger partial charge in [0.1, 0.15) is 5.82 Å². The van der Waals surface area contributed by atoms with Crippen LogP contribution in [-0.2, 0) is 6.42 Å². The van der Waals surface area contributed by atoms with E-state index in [1.54, 1.807) is 12.1 Å². The molecule has 3 N–H and O–H groups in total. The fraction of sp³-hybridized carbons (Fsp3) is 0.538. The Balaban J connectivity index is 2.73. The Morgan fingerprint density at radius 1 is 1.41 bits per heavy atom. The van der Waals surface area contributed by atoms with Crippen molar-refractivity contribution in [1.29, 1.82) is 0 Å². The Labute approximate surface area is 110 Å². The molecule has 17 heavy (non-hydrogen) atoms. The van der Waals surface area contributed by atoms with Crippen LogP contribution in [0.4, 0.5) is 4.39 Å². The van der Waals surface area contributed by atoms with Gasteiger partial charge in [0.15, 0.2) is 0 Å². The molecule has 0 saturated carbocycles. The van der Waals surface area contributed by atoms with Crippen LogP contribution in [0.1, 0.15) is 19.4 Å². The number of hydrogen-bond donors (Lipinski definition) is 2. The lowest BCUT2D eigenvalue weighted by Gasteiger charge is -2.25. The molecule has 96 valence electrons. The van der Waals surface area contributed by atoms with Crippen LogP contribution in [0.5, 0.6) is 0 Å². The van der Waals surface area contributed by atoms with E-state index in [-0.39, 0.29) is 11.7 Å². The van der Waals surface area contributed by atoms with Crippen molar-refractivity contribution in [3.63, 3.8) is 0 Å². The van der Waals surface area contributed by atoms with Gasteiger partial charge in [-0.1, -0.05) is 19.9 Å². The van der Waals surface area contributed by atoms with Gasteiger partial charge in [0, 0.05) is 0 Å².